The molecule has 78 valence electrons. The Kier molecular flexibility index (Phi) is 2.23. The molecule has 0 bridgehead atoms. The molecule has 0 spiro atoms. The number of aromatic nitrogens is 1. The lowest BCUT2D eigenvalue weighted by Gasteiger charge is -2.05. The minimum Gasteiger partial charge on any atom is -0.507 e. The number of aldehydes is 1. The van der Waals surface area contributed by atoms with E-state index in [9.17, 15) is 9.90 Å². The summed E-state index contributed by atoms with van der Waals surface area (Å²) < 4.78 is 0. The molecule has 1 aromatic heterocycles. The molecule has 0 aliphatic heterocycles. The molecule has 15 heavy (non-hydrogen) atoms. The van der Waals surface area contributed by atoms with E-state index in [1.165, 1.54) is 0 Å². The predicted octanol–water partition coefficient (Wildman–Crippen LogP) is 2.81. The van der Waals surface area contributed by atoms with Crippen LogP contribution in [-0.2, 0) is 0 Å². The maximum atomic E-state index is 10.9. The average molecular weight is 203 g/mol. The molecule has 0 amide bonds. The van der Waals surface area contributed by atoms with Gasteiger partial charge in [-0.05, 0) is 23.6 Å². The summed E-state index contributed by atoms with van der Waals surface area (Å²) in [7, 11) is 0. The van der Waals surface area contributed by atoms with Gasteiger partial charge in [0.15, 0.2) is 6.29 Å². The van der Waals surface area contributed by atoms with Gasteiger partial charge < -0.3 is 10.1 Å². The Morgan fingerprint density at radius 3 is 2.73 bits per heavy atom. The lowest BCUT2D eigenvalue weighted by atomic mass is 9.99. The summed E-state index contributed by atoms with van der Waals surface area (Å²) in [5.41, 5.74) is 2.25. The molecule has 3 heteroatoms. The van der Waals surface area contributed by atoms with Crippen molar-refractivity contribution in [3.05, 3.63) is 29.5 Å². The Morgan fingerprint density at radius 2 is 2.13 bits per heavy atom. The zero-order valence-electron chi connectivity index (χ0n) is 8.74. The largest absolute Gasteiger partial charge is 0.507 e. The van der Waals surface area contributed by atoms with Gasteiger partial charge in [-0.3, -0.25) is 4.79 Å². The van der Waals surface area contributed by atoms with Gasteiger partial charge in [-0.15, -0.1) is 0 Å². The van der Waals surface area contributed by atoms with Gasteiger partial charge >= 0.3 is 0 Å². The van der Waals surface area contributed by atoms with Crippen molar-refractivity contribution in [2.45, 2.75) is 19.8 Å². The smallest absolute Gasteiger partial charge is 0.166 e. The van der Waals surface area contributed by atoms with Crippen LogP contribution in [0.25, 0.3) is 10.9 Å². The molecule has 0 radical (unpaired) electrons. The van der Waals surface area contributed by atoms with Crippen LogP contribution in [0, 0.1) is 0 Å². The molecule has 0 aliphatic rings. The van der Waals surface area contributed by atoms with Gasteiger partial charge in [-0.25, -0.2) is 0 Å². The first-order chi connectivity index (χ1) is 7.15. The average Bonchev–Trinajstić information content (AvgIpc) is 2.57. The van der Waals surface area contributed by atoms with Gasteiger partial charge in [0.25, 0.3) is 0 Å². The van der Waals surface area contributed by atoms with Crippen molar-refractivity contribution in [3.8, 4) is 5.75 Å². The Hall–Kier alpha value is -1.77. The number of carbonyl (C=O) groups is 1. The highest BCUT2D eigenvalue weighted by atomic mass is 16.3. The summed E-state index contributed by atoms with van der Waals surface area (Å²) in [6.07, 6.45) is 0.800. The van der Waals surface area contributed by atoms with E-state index in [0.717, 1.165) is 22.8 Å². The van der Waals surface area contributed by atoms with E-state index >= 15 is 0 Å². The van der Waals surface area contributed by atoms with Gasteiger partial charge in [-0.2, -0.15) is 0 Å². The molecule has 2 N–H and O–H groups in total. The van der Waals surface area contributed by atoms with Crippen molar-refractivity contribution >= 4 is 17.2 Å². The Labute approximate surface area is 87.7 Å². The molecule has 2 rings (SSSR count). The fourth-order valence-corrected chi connectivity index (χ4v) is 1.97. The molecule has 2 aromatic rings. The highest BCUT2D eigenvalue weighted by molar-refractivity contribution is 5.96. The van der Waals surface area contributed by atoms with Gasteiger partial charge in [0, 0.05) is 10.9 Å². The molecule has 0 saturated carbocycles. The van der Waals surface area contributed by atoms with Crippen molar-refractivity contribution in [2.24, 2.45) is 0 Å². The number of nitrogens with one attached hydrogen (secondary N) is 1. The molecule has 0 aliphatic carbocycles. The second-order valence-corrected chi connectivity index (χ2v) is 3.92. The number of hydrogen-bond acceptors (Lipinski definition) is 2. The number of phenolic OH excluding ortho intramolecular Hbond substituents is 1. The lowest BCUT2D eigenvalue weighted by Crippen LogP contribution is -1.91. The standard InChI is InChI=1S/C12H13NO2/c1-7(2)11-9(6-14)13-8-4-3-5-10(15)12(8)11/h3-7,13,15H,1-2H3. The quantitative estimate of drug-likeness (QED) is 0.737. The van der Waals surface area contributed by atoms with Crippen LogP contribution in [0.3, 0.4) is 0 Å². The third-order valence-electron chi connectivity index (χ3n) is 2.57. The van der Waals surface area contributed by atoms with E-state index in [4.69, 9.17) is 0 Å². The van der Waals surface area contributed by atoms with Crippen LogP contribution < -0.4 is 0 Å². The summed E-state index contributed by atoms with van der Waals surface area (Å²) in [6.45, 7) is 4.00. The lowest BCUT2D eigenvalue weighted by molar-refractivity contribution is 0.111. The number of aromatic amines is 1. The predicted molar refractivity (Wildman–Crippen MR) is 59.4 cm³/mol. The molecule has 3 nitrogen and oxygen atoms in total. The highest BCUT2D eigenvalue weighted by Crippen LogP contribution is 2.34. The van der Waals surface area contributed by atoms with Crippen molar-refractivity contribution in [1.29, 1.82) is 0 Å². The van der Waals surface area contributed by atoms with E-state index < -0.39 is 0 Å². The third kappa shape index (κ3) is 1.40. The molecule has 1 aromatic carbocycles. The minimum absolute atomic E-state index is 0.201. The molecule has 0 atom stereocenters. The zero-order chi connectivity index (χ0) is 11.0. The van der Waals surface area contributed by atoms with E-state index in [2.05, 4.69) is 4.98 Å². The van der Waals surface area contributed by atoms with Gasteiger partial charge in [-0.1, -0.05) is 19.9 Å². The molecular formula is C12H13NO2. The van der Waals surface area contributed by atoms with E-state index in [-0.39, 0.29) is 11.7 Å². The number of hydrogen-bond donors (Lipinski definition) is 2. The summed E-state index contributed by atoms with van der Waals surface area (Å²) in [5.74, 6) is 0.424. The van der Waals surface area contributed by atoms with E-state index in [0.29, 0.717) is 5.69 Å². The molecule has 0 saturated heterocycles. The number of carbonyl (C=O) groups excluding carboxylic acids is 1. The maximum Gasteiger partial charge on any atom is 0.166 e. The number of benzene rings is 1. The number of H-pyrrole nitrogens is 1. The number of phenols is 1. The number of aromatic hydroxyl groups is 1. The van der Waals surface area contributed by atoms with Gasteiger partial charge in [0.2, 0.25) is 0 Å². The first kappa shape index (κ1) is 9.77. The highest BCUT2D eigenvalue weighted by Gasteiger charge is 2.16. The normalized spacial score (nSPS) is 11.1. The summed E-state index contributed by atoms with van der Waals surface area (Å²) in [4.78, 5) is 13.9. The fraction of sp³-hybridized carbons (Fsp3) is 0.250. The van der Waals surface area contributed by atoms with E-state index in [1.807, 2.05) is 19.9 Å². The Bertz CT molecular complexity index is 512. The summed E-state index contributed by atoms with van der Waals surface area (Å²) in [6, 6.07) is 5.25. The van der Waals surface area contributed by atoms with Crippen LogP contribution in [0.4, 0.5) is 0 Å². The van der Waals surface area contributed by atoms with Crippen LogP contribution in [0.15, 0.2) is 18.2 Å². The SMILES string of the molecule is CC(C)c1c(C=O)[nH]c2cccc(O)c12. The number of fused-ring (bicyclic) bond motifs is 1. The summed E-state index contributed by atoms with van der Waals surface area (Å²) >= 11 is 0. The Balaban J connectivity index is 2.88. The van der Waals surface area contributed by atoms with Crippen molar-refractivity contribution in [3.63, 3.8) is 0 Å². The Morgan fingerprint density at radius 1 is 1.40 bits per heavy atom. The first-order valence-corrected chi connectivity index (χ1v) is 4.94. The van der Waals surface area contributed by atoms with Crippen molar-refractivity contribution in [2.75, 3.05) is 0 Å². The van der Waals surface area contributed by atoms with Crippen LogP contribution in [0.2, 0.25) is 0 Å². The maximum absolute atomic E-state index is 10.9. The molecule has 1 heterocycles. The minimum atomic E-state index is 0.201. The summed E-state index contributed by atoms with van der Waals surface area (Å²) in [5, 5.41) is 10.5. The van der Waals surface area contributed by atoms with Crippen molar-refractivity contribution < 1.29 is 9.90 Å². The second kappa shape index (κ2) is 3.42. The third-order valence-corrected chi connectivity index (χ3v) is 2.57. The molecule has 0 unspecified atom stereocenters. The van der Waals surface area contributed by atoms with Gasteiger partial charge in [0.1, 0.15) is 5.75 Å². The van der Waals surface area contributed by atoms with E-state index in [1.54, 1.807) is 12.1 Å². The fourth-order valence-electron chi connectivity index (χ4n) is 1.97. The molecular weight excluding hydrogens is 190 g/mol. The van der Waals surface area contributed by atoms with Crippen LogP contribution in [0.1, 0.15) is 35.8 Å². The second-order valence-electron chi connectivity index (χ2n) is 3.92. The van der Waals surface area contributed by atoms with Crippen LogP contribution in [-0.4, -0.2) is 16.4 Å². The van der Waals surface area contributed by atoms with Crippen LogP contribution in [0.5, 0.6) is 5.75 Å². The van der Waals surface area contributed by atoms with Crippen LogP contribution >= 0.6 is 0 Å². The topological polar surface area (TPSA) is 53.1 Å². The number of rotatable bonds is 2. The van der Waals surface area contributed by atoms with Crippen molar-refractivity contribution in [1.82, 2.24) is 4.98 Å². The van der Waals surface area contributed by atoms with Gasteiger partial charge in [0.05, 0.1) is 5.69 Å². The first-order valence-electron chi connectivity index (χ1n) is 4.94. The molecule has 0 fully saturated rings. The zero-order valence-corrected chi connectivity index (χ0v) is 8.74. The monoisotopic (exact) mass is 203 g/mol.